The Hall–Kier alpha value is -1.51. The summed E-state index contributed by atoms with van der Waals surface area (Å²) in [7, 11) is 0. The fraction of sp³-hybridized carbons (Fsp3) is 0.429. The number of guanidine groups is 1. The molecule has 0 bridgehead atoms. The zero-order valence-corrected chi connectivity index (χ0v) is 14.9. The molecule has 0 aliphatic carbocycles. The summed E-state index contributed by atoms with van der Waals surface area (Å²) >= 11 is 0. The molecule has 21 heavy (non-hydrogen) atoms. The van der Waals surface area contributed by atoms with Gasteiger partial charge in [0.15, 0.2) is 5.96 Å². The van der Waals surface area contributed by atoms with Crippen molar-refractivity contribution < 1.29 is 9.53 Å². The molecule has 4 N–H and O–H groups in total. The van der Waals surface area contributed by atoms with E-state index >= 15 is 0 Å². The van der Waals surface area contributed by atoms with E-state index in [2.05, 4.69) is 15.6 Å². The Balaban J connectivity index is 0.00000400. The van der Waals surface area contributed by atoms with Gasteiger partial charge in [0.2, 0.25) is 0 Å². The van der Waals surface area contributed by atoms with Gasteiger partial charge >= 0.3 is 6.09 Å². The molecule has 0 radical (unpaired) electrons. The summed E-state index contributed by atoms with van der Waals surface area (Å²) in [5, 5.41) is 5.56. The van der Waals surface area contributed by atoms with E-state index in [1.165, 1.54) is 0 Å². The fourth-order valence-electron chi connectivity index (χ4n) is 1.36. The van der Waals surface area contributed by atoms with Crippen LogP contribution in [-0.2, 0) is 4.74 Å². The first-order valence-electron chi connectivity index (χ1n) is 6.46. The van der Waals surface area contributed by atoms with Gasteiger partial charge in [0.1, 0.15) is 5.60 Å². The number of amides is 1. The number of hydrogen-bond donors (Lipinski definition) is 3. The molecule has 7 heteroatoms. The van der Waals surface area contributed by atoms with Crippen LogP contribution in [0.2, 0.25) is 0 Å². The number of carbonyl (C=O) groups excluding carboxylic acids is 1. The first-order valence-corrected chi connectivity index (χ1v) is 6.46. The average molecular weight is 406 g/mol. The Morgan fingerprint density at radius 1 is 1.29 bits per heavy atom. The van der Waals surface area contributed by atoms with Crippen LogP contribution in [0.15, 0.2) is 35.3 Å². The second kappa shape index (κ2) is 9.43. The van der Waals surface area contributed by atoms with Crippen molar-refractivity contribution in [3.05, 3.63) is 30.3 Å². The van der Waals surface area contributed by atoms with Crippen LogP contribution in [0.1, 0.15) is 20.8 Å². The second-order valence-electron chi connectivity index (χ2n) is 5.19. The molecule has 0 unspecified atom stereocenters. The molecule has 0 saturated carbocycles. The van der Waals surface area contributed by atoms with Crippen LogP contribution in [0, 0.1) is 0 Å². The minimum Gasteiger partial charge on any atom is -0.444 e. The van der Waals surface area contributed by atoms with E-state index in [0.29, 0.717) is 19.0 Å². The number of nitrogens with zero attached hydrogens (tertiary/aromatic N) is 1. The number of alkyl carbamates (subject to hydrolysis) is 1. The summed E-state index contributed by atoms with van der Waals surface area (Å²) in [5.74, 6) is 0.308. The molecule has 1 rings (SSSR count). The molecule has 0 aliphatic rings. The molecule has 118 valence electrons. The van der Waals surface area contributed by atoms with Gasteiger partial charge in [-0.3, -0.25) is 4.99 Å². The van der Waals surface area contributed by atoms with Gasteiger partial charge in [0.05, 0.1) is 6.54 Å². The predicted molar refractivity (Wildman–Crippen MR) is 96.2 cm³/mol. The van der Waals surface area contributed by atoms with Crippen LogP contribution < -0.4 is 16.4 Å². The Labute approximate surface area is 142 Å². The standard InChI is InChI=1S/C14H22N4O2.HI/c1-14(2,3)20-13(19)17-10-9-16-12(15)18-11-7-5-4-6-8-11;/h4-8H,9-10H2,1-3H3,(H,17,19)(H3,15,16,18);1H. The lowest BCUT2D eigenvalue weighted by molar-refractivity contribution is 0.0529. The zero-order valence-electron chi connectivity index (χ0n) is 12.6. The van der Waals surface area contributed by atoms with Gasteiger partial charge in [-0.25, -0.2) is 4.79 Å². The van der Waals surface area contributed by atoms with Crippen LogP contribution in [0.25, 0.3) is 0 Å². The second-order valence-corrected chi connectivity index (χ2v) is 5.19. The molecular weight excluding hydrogens is 383 g/mol. The van der Waals surface area contributed by atoms with Gasteiger partial charge in [0, 0.05) is 12.2 Å². The fourth-order valence-corrected chi connectivity index (χ4v) is 1.36. The smallest absolute Gasteiger partial charge is 0.407 e. The van der Waals surface area contributed by atoms with Crippen LogP contribution >= 0.6 is 24.0 Å². The monoisotopic (exact) mass is 406 g/mol. The lowest BCUT2D eigenvalue weighted by Gasteiger charge is -2.19. The molecule has 0 heterocycles. The third kappa shape index (κ3) is 9.94. The highest BCUT2D eigenvalue weighted by atomic mass is 127. The Morgan fingerprint density at radius 2 is 1.90 bits per heavy atom. The number of para-hydroxylation sites is 1. The number of hydrogen-bond acceptors (Lipinski definition) is 3. The highest BCUT2D eigenvalue weighted by Gasteiger charge is 2.15. The Morgan fingerprint density at radius 3 is 2.48 bits per heavy atom. The van der Waals surface area contributed by atoms with Gasteiger partial charge in [-0.05, 0) is 32.9 Å². The predicted octanol–water partition coefficient (Wildman–Crippen LogP) is 2.56. The van der Waals surface area contributed by atoms with Crippen LogP contribution in [0.5, 0.6) is 0 Å². The normalized spacial score (nSPS) is 11.3. The van der Waals surface area contributed by atoms with Gasteiger partial charge in [0.25, 0.3) is 0 Å². The third-order valence-electron chi connectivity index (χ3n) is 2.11. The van der Waals surface area contributed by atoms with Gasteiger partial charge in [-0.1, -0.05) is 18.2 Å². The van der Waals surface area contributed by atoms with E-state index in [9.17, 15) is 4.79 Å². The maximum absolute atomic E-state index is 11.4. The molecule has 0 atom stereocenters. The number of ether oxygens (including phenoxy) is 1. The number of nitrogens with one attached hydrogen (secondary N) is 2. The summed E-state index contributed by atoms with van der Waals surface area (Å²) in [5.41, 5.74) is 6.09. The molecule has 6 nitrogen and oxygen atoms in total. The maximum atomic E-state index is 11.4. The van der Waals surface area contributed by atoms with Crippen molar-refractivity contribution in [2.75, 3.05) is 18.4 Å². The molecule has 0 saturated heterocycles. The van der Waals surface area contributed by atoms with Gasteiger partial charge in [-0.15, -0.1) is 24.0 Å². The molecular formula is C14H23IN4O2. The maximum Gasteiger partial charge on any atom is 0.407 e. The van der Waals surface area contributed by atoms with Crippen LogP contribution in [0.4, 0.5) is 10.5 Å². The van der Waals surface area contributed by atoms with E-state index in [1.54, 1.807) is 0 Å². The van der Waals surface area contributed by atoms with Crippen molar-refractivity contribution in [3.63, 3.8) is 0 Å². The minimum atomic E-state index is -0.499. The van der Waals surface area contributed by atoms with Crippen LogP contribution in [0.3, 0.4) is 0 Å². The molecule has 0 spiro atoms. The lowest BCUT2D eigenvalue weighted by Crippen LogP contribution is -2.34. The number of anilines is 1. The largest absolute Gasteiger partial charge is 0.444 e. The SMILES string of the molecule is CC(C)(C)OC(=O)NCCN=C(N)Nc1ccccc1.I. The van der Waals surface area contributed by atoms with Gasteiger partial charge in [-0.2, -0.15) is 0 Å². The van der Waals surface area contributed by atoms with E-state index in [4.69, 9.17) is 10.5 Å². The Bertz CT molecular complexity index is 458. The number of carbonyl (C=O) groups is 1. The first-order chi connectivity index (χ1) is 9.37. The molecule has 1 aromatic carbocycles. The lowest BCUT2D eigenvalue weighted by atomic mass is 10.2. The molecule has 0 aliphatic heterocycles. The highest BCUT2D eigenvalue weighted by Crippen LogP contribution is 2.06. The van der Waals surface area contributed by atoms with Crippen molar-refractivity contribution in [1.82, 2.24) is 5.32 Å². The number of halogens is 1. The van der Waals surface area contributed by atoms with Crippen molar-refractivity contribution >= 4 is 41.7 Å². The molecule has 0 fully saturated rings. The molecule has 1 aromatic rings. The van der Waals surface area contributed by atoms with E-state index in [-0.39, 0.29) is 24.0 Å². The van der Waals surface area contributed by atoms with Crippen molar-refractivity contribution in [1.29, 1.82) is 0 Å². The van der Waals surface area contributed by atoms with Crippen molar-refractivity contribution in [2.45, 2.75) is 26.4 Å². The third-order valence-corrected chi connectivity index (χ3v) is 2.11. The number of rotatable bonds is 4. The quantitative estimate of drug-likeness (QED) is 0.310. The average Bonchev–Trinajstić information content (AvgIpc) is 2.34. The number of aliphatic imine (C=N–C) groups is 1. The number of nitrogens with two attached hydrogens (primary N) is 1. The molecule has 0 aromatic heterocycles. The topological polar surface area (TPSA) is 88.7 Å². The van der Waals surface area contributed by atoms with Gasteiger partial charge < -0.3 is 21.1 Å². The van der Waals surface area contributed by atoms with Crippen molar-refractivity contribution in [2.24, 2.45) is 10.7 Å². The van der Waals surface area contributed by atoms with E-state index in [0.717, 1.165) is 5.69 Å². The summed E-state index contributed by atoms with van der Waals surface area (Å²) in [4.78, 5) is 15.5. The number of benzene rings is 1. The summed E-state index contributed by atoms with van der Waals surface area (Å²) in [6.45, 7) is 6.18. The van der Waals surface area contributed by atoms with E-state index in [1.807, 2.05) is 51.1 Å². The summed E-state index contributed by atoms with van der Waals surface area (Å²) < 4.78 is 5.10. The Kier molecular flexibility index (Phi) is 8.75. The van der Waals surface area contributed by atoms with Crippen LogP contribution in [-0.4, -0.2) is 30.7 Å². The van der Waals surface area contributed by atoms with E-state index < -0.39 is 11.7 Å². The van der Waals surface area contributed by atoms with Crippen molar-refractivity contribution in [3.8, 4) is 0 Å². The summed E-state index contributed by atoms with van der Waals surface area (Å²) in [6.07, 6.45) is -0.456. The highest BCUT2D eigenvalue weighted by molar-refractivity contribution is 14.0. The molecule has 1 amide bonds. The summed E-state index contributed by atoms with van der Waals surface area (Å²) in [6, 6.07) is 9.51. The first kappa shape index (κ1) is 19.5. The minimum absolute atomic E-state index is 0. The zero-order chi connectivity index (χ0) is 15.0.